The van der Waals surface area contributed by atoms with Gasteiger partial charge in [0.1, 0.15) is 0 Å². The Balaban J connectivity index is 3.19. The minimum atomic E-state index is -2.72. The zero-order valence-electron chi connectivity index (χ0n) is 6.17. The largest absolute Gasteiger partial charge is 0.405 e. The second-order valence-electron chi connectivity index (χ2n) is 2.44. The van der Waals surface area contributed by atoms with Gasteiger partial charge >= 0.3 is 5.97 Å². The molecular formula is C6H9O3P. The van der Waals surface area contributed by atoms with Crippen molar-refractivity contribution in [3.05, 3.63) is 10.9 Å². The van der Waals surface area contributed by atoms with Gasteiger partial charge in [0.05, 0.1) is 0 Å². The van der Waals surface area contributed by atoms with Crippen molar-refractivity contribution < 1.29 is 13.9 Å². The Bertz CT molecular complexity index is 264. The Hall–Kier alpha value is -0.560. The summed E-state index contributed by atoms with van der Waals surface area (Å²) in [5.74, 6) is -0.441. The van der Waals surface area contributed by atoms with Crippen LogP contribution in [0.3, 0.4) is 0 Å². The van der Waals surface area contributed by atoms with E-state index in [9.17, 15) is 9.36 Å². The Morgan fingerprint density at radius 2 is 1.90 bits per heavy atom. The average Bonchev–Trinajstić information content (AvgIpc) is 1.95. The lowest BCUT2D eigenvalue weighted by atomic mass is 10.3. The molecule has 0 aliphatic carbocycles. The molecule has 56 valence electrons. The topological polar surface area (TPSA) is 43.4 Å². The van der Waals surface area contributed by atoms with E-state index in [1.807, 2.05) is 0 Å². The third-order valence-corrected chi connectivity index (χ3v) is 3.78. The van der Waals surface area contributed by atoms with E-state index in [1.54, 1.807) is 13.8 Å². The van der Waals surface area contributed by atoms with Crippen molar-refractivity contribution in [3.63, 3.8) is 0 Å². The highest BCUT2D eigenvalue weighted by Gasteiger charge is 2.34. The highest BCUT2D eigenvalue weighted by atomic mass is 31.2. The molecular weight excluding hydrogens is 151 g/mol. The lowest BCUT2D eigenvalue weighted by Crippen LogP contribution is -1.93. The highest BCUT2D eigenvalue weighted by Crippen LogP contribution is 2.57. The maximum absolute atomic E-state index is 11.3. The Labute approximate surface area is 59.5 Å². The molecule has 0 radical (unpaired) electrons. The van der Waals surface area contributed by atoms with Gasteiger partial charge in [-0.05, 0) is 13.8 Å². The third-order valence-electron chi connectivity index (χ3n) is 1.72. The summed E-state index contributed by atoms with van der Waals surface area (Å²) in [7, 11) is -2.72. The van der Waals surface area contributed by atoms with Crippen LogP contribution < -0.4 is 0 Å². The first-order chi connectivity index (χ1) is 4.45. The smallest absolute Gasteiger partial charge is 0.339 e. The minimum Gasteiger partial charge on any atom is -0.405 e. The summed E-state index contributed by atoms with van der Waals surface area (Å²) in [5.41, 5.74) is 0.492. The van der Waals surface area contributed by atoms with Gasteiger partial charge in [-0.15, -0.1) is 0 Å². The summed E-state index contributed by atoms with van der Waals surface area (Å²) in [6, 6.07) is 0. The Morgan fingerprint density at radius 1 is 1.40 bits per heavy atom. The SMILES string of the molecule is CC1=C(C)P(C)(=O)OC1=O. The van der Waals surface area contributed by atoms with E-state index in [0.29, 0.717) is 10.9 Å². The fourth-order valence-corrected chi connectivity index (χ4v) is 2.04. The summed E-state index contributed by atoms with van der Waals surface area (Å²) in [6.07, 6.45) is 0. The molecule has 1 aliphatic heterocycles. The lowest BCUT2D eigenvalue weighted by molar-refractivity contribution is -0.129. The van der Waals surface area contributed by atoms with Crippen molar-refractivity contribution in [2.75, 3.05) is 6.66 Å². The molecule has 0 fully saturated rings. The summed E-state index contributed by atoms with van der Waals surface area (Å²) in [4.78, 5) is 10.7. The molecule has 0 aromatic rings. The maximum Gasteiger partial charge on any atom is 0.339 e. The fourth-order valence-electron chi connectivity index (χ4n) is 0.747. The van der Waals surface area contributed by atoms with E-state index >= 15 is 0 Å². The minimum absolute atomic E-state index is 0.441. The normalized spacial score (nSPS) is 32.9. The van der Waals surface area contributed by atoms with Crippen molar-refractivity contribution in [1.29, 1.82) is 0 Å². The number of carbonyl (C=O) groups excluding carboxylic acids is 1. The Kier molecular flexibility index (Phi) is 1.48. The number of hydrogen-bond acceptors (Lipinski definition) is 3. The molecule has 0 spiro atoms. The van der Waals surface area contributed by atoms with Gasteiger partial charge in [-0.1, -0.05) is 0 Å². The quantitative estimate of drug-likeness (QED) is 0.507. The maximum atomic E-state index is 11.3. The van der Waals surface area contributed by atoms with E-state index < -0.39 is 13.3 Å². The van der Waals surface area contributed by atoms with Crippen LogP contribution in [-0.2, 0) is 13.9 Å². The van der Waals surface area contributed by atoms with Crippen LogP contribution in [-0.4, -0.2) is 12.6 Å². The molecule has 1 heterocycles. The van der Waals surface area contributed by atoms with Crippen LogP contribution in [0, 0.1) is 0 Å². The van der Waals surface area contributed by atoms with Crippen LogP contribution in [0.25, 0.3) is 0 Å². The molecule has 0 saturated carbocycles. The van der Waals surface area contributed by atoms with Gasteiger partial charge in [-0.25, -0.2) is 4.79 Å². The molecule has 0 aromatic carbocycles. The van der Waals surface area contributed by atoms with Crippen LogP contribution in [0.5, 0.6) is 0 Å². The van der Waals surface area contributed by atoms with Gasteiger partial charge < -0.3 is 4.52 Å². The zero-order valence-corrected chi connectivity index (χ0v) is 7.07. The first kappa shape index (κ1) is 7.55. The zero-order chi connectivity index (χ0) is 7.94. The van der Waals surface area contributed by atoms with Crippen molar-refractivity contribution >= 4 is 13.3 Å². The fraction of sp³-hybridized carbons (Fsp3) is 0.500. The van der Waals surface area contributed by atoms with Gasteiger partial charge in [0.15, 0.2) is 0 Å². The summed E-state index contributed by atoms with van der Waals surface area (Å²) in [5, 5.41) is 0.595. The number of carbonyl (C=O) groups is 1. The molecule has 1 atom stereocenters. The average molecular weight is 160 g/mol. The second kappa shape index (κ2) is 1.96. The van der Waals surface area contributed by atoms with Crippen molar-refractivity contribution in [2.24, 2.45) is 0 Å². The predicted octanol–water partition coefficient (Wildman–Crippen LogP) is 1.74. The molecule has 0 saturated heterocycles. The van der Waals surface area contributed by atoms with E-state index in [4.69, 9.17) is 0 Å². The first-order valence-corrected chi connectivity index (χ1v) is 5.02. The molecule has 0 aromatic heterocycles. The predicted molar refractivity (Wildman–Crippen MR) is 38.0 cm³/mol. The molecule has 1 unspecified atom stereocenters. The van der Waals surface area contributed by atoms with E-state index in [2.05, 4.69) is 4.52 Å². The molecule has 1 aliphatic rings. The summed E-state index contributed by atoms with van der Waals surface area (Å²) >= 11 is 0. The van der Waals surface area contributed by atoms with Gasteiger partial charge in [-0.2, -0.15) is 0 Å². The number of allylic oxidation sites excluding steroid dienone is 1. The van der Waals surface area contributed by atoms with E-state index in [0.717, 1.165) is 0 Å². The highest BCUT2D eigenvalue weighted by molar-refractivity contribution is 7.63. The van der Waals surface area contributed by atoms with Crippen LogP contribution in [0.15, 0.2) is 10.9 Å². The molecule has 0 bridgehead atoms. The van der Waals surface area contributed by atoms with Crippen LogP contribution in [0.2, 0.25) is 0 Å². The van der Waals surface area contributed by atoms with Crippen LogP contribution in [0.1, 0.15) is 13.8 Å². The van der Waals surface area contributed by atoms with Crippen LogP contribution in [0.4, 0.5) is 0 Å². The summed E-state index contributed by atoms with van der Waals surface area (Å²) in [6.45, 7) is 4.75. The molecule has 0 amide bonds. The number of hydrogen-bond donors (Lipinski definition) is 0. The standard InChI is InChI=1S/C6H9O3P/c1-4-5(2)10(3,8)9-6(4)7/h1-3H3. The van der Waals surface area contributed by atoms with Gasteiger partial charge in [-0.3, -0.25) is 4.57 Å². The van der Waals surface area contributed by atoms with Crippen molar-refractivity contribution in [3.8, 4) is 0 Å². The van der Waals surface area contributed by atoms with Crippen molar-refractivity contribution in [1.82, 2.24) is 0 Å². The van der Waals surface area contributed by atoms with Gasteiger partial charge in [0, 0.05) is 17.6 Å². The summed E-state index contributed by atoms with van der Waals surface area (Å²) < 4.78 is 15.9. The van der Waals surface area contributed by atoms with Gasteiger partial charge in [0.25, 0.3) is 7.37 Å². The first-order valence-electron chi connectivity index (χ1n) is 2.94. The third kappa shape index (κ3) is 0.907. The molecule has 0 N–H and O–H groups in total. The molecule has 1 rings (SSSR count). The number of rotatable bonds is 0. The van der Waals surface area contributed by atoms with Gasteiger partial charge in [0.2, 0.25) is 0 Å². The van der Waals surface area contributed by atoms with E-state index in [1.165, 1.54) is 6.66 Å². The lowest BCUT2D eigenvalue weighted by Gasteiger charge is -2.02. The van der Waals surface area contributed by atoms with Crippen molar-refractivity contribution in [2.45, 2.75) is 13.8 Å². The monoisotopic (exact) mass is 160 g/mol. The van der Waals surface area contributed by atoms with E-state index in [-0.39, 0.29) is 0 Å². The Morgan fingerprint density at radius 3 is 2.00 bits per heavy atom. The molecule has 4 heteroatoms. The second-order valence-corrected chi connectivity index (χ2v) is 4.98. The molecule has 10 heavy (non-hydrogen) atoms. The molecule has 3 nitrogen and oxygen atoms in total. The van der Waals surface area contributed by atoms with Crippen LogP contribution >= 0.6 is 7.37 Å².